The number of hydrogen-bond acceptors (Lipinski definition) is 3. The molecule has 0 aromatic rings. The van der Waals surface area contributed by atoms with Crippen molar-refractivity contribution in [3.63, 3.8) is 0 Å². The van der Waals surface area contributed by atoms with Gasteiger partial charge < -0.3 is 14.8 Å². The fourth-order valence-electron chi connectivity index (χ4n) is 2.09. The van der Waals surface area contributed by atoms with Crippen molar-refractivity contribution in [2.45, 2.75) is 26.7 Å². The molecule has 0 saturated carbocycles. The minimum absolute atomic E-state index is 0.546. The molecular formula is C12H25NO2. The van der Waals surface area contributed by atoms with Crippen molar-refractivity contribution in [3.05, 3.63) is 0 Å². The zero-order valence-electron chi connectivity index (χ0n) is 10.3. The summed E-state index contributed by atoms with van der Waals surface area (Å²) < 4.78 is 10.4. The van der Waals surface area contributed by atoms with E-state index in [4.69, 9.17) is 9.47 Å². The van der Waals surface area contributed by atoms with Gasteiger partial charge in [0.1, 0.15) is 0 Å². The lowest BCUT2D eigenvalue weighted by molar-refractivity contribution is 0.0437. The van der Waals surface area contributed by atoms with Gasteiger partial charge in [-0.05, 0) is 24.2 Å². The molecule has 1 aliphatic rings. The van der Waals surface area contributed by atoms with E-state index >= 15 is 0 Å². The van der Waals surface area contributed by atoms with Crippen LogP contribution in [0.3, 0.4) is 0 Å². The predicted octanol–water partition coefficient (Wildman–Crippen LogP) is 1.68. The molecule has 0 unspecified atom stereocenters. The van der Waals surface area contributed by atoms with Crippen molar-refractivity contribution in [3.8, 4) is 0 Å². The Kier molecular flexibility index (Phi) is 5.58. The van der Waals surface area contributed by atoms with Crippen LogP contribution in [0.25, 0.3) is 0 Å². The van der Waals surface area contributed by atoms with E-state index < -0.39 is 0 Å². The molecular weight excluding hydrogens is 190 g/mol. The molecule has 15 heavy (non-hydrogen) atoms. The topological polar surface area (TPSA) is 30.5 Å². The van der Waals surface area contributed by atoms with E-state index in [-0.39, 0.29) is 0 Å². The maximum absolute atomic E-state index is 5.47. The molecule has 0 bridgehead atoms. The van der Waals surface area contributed by atoms with Crippen LogP contribution in [0.5, 0.6) is 0 Å². The van der Waals surface area contributed by atoms with Gasteiger partial charge in [-0.15, -0.1) is 0 Å². The molecule has 0 atom stereocenters. The number of ether oxygens (including phenoxy) is 2. The smallest absolute Gasteiger partial charge is 0.0700 e. The summed E-state index contributed by atoms with van der Waals surface area (Å²) in [6.45, 7) is 9.32. The zero-order valence-corrected chi connectivity index (χ0v) is 10.3. The number of rotatable bonds is 8. The quantitative estimate of drug-likeness (QED) is 0.625. The van der Waals surface area contributed by atoms with Crippen LogP contribution in [0.1, 0.15) is 26.7 Å². The second-order valence-electron chi connectivity index (χ2n) is 4.83. The lowest BCUT2D eigenvalue weighted by Crippen LogP contribution is -2.56. The van der Waals surface area contributed by atoms with Crippen molar-refractivity contribution < 1.29 is 9.47 Å². The number of nitrogens with one attached hydrogen (secondary N) is 1. The Morgan fingerprint density at radius 1 is 1.20 bits per heavy atom. The second kappa shape index (κ2) is 6.46. The fourth-order valence-corrected chi connectivity index (χ4v) is 2.09. The van der Waals surface area contributed by atoms with Crippen LogP contribution in [0.2, 0.25) is 0 Å². The van der Waals surface area contributed by atoms with Crippen molar-refractivity contribution in [2.75, 3.05) is 40.0 Å². The average molecular weight is 215 g/mol. The summed E-state index contributed by atoms with van der Waals surface area (Å²) in [4.78, 5) is 0. The number of hydrogen-bond donors (Lipinski definition) is 1. The van der Waals surface area contributed by atoms with E-state index in [2.05, 4.69) is 19.2 Å². The monoisotopic (exact) mass is 215 g/mol. The summed E-state index contributed by atoms with van der Waals surface area (Å²) in [6.07, 6.45) is 2.45. The third-order valence-electron chi connectivity index (χ3n) is 3.57. The highest BCUT2D eigenvalue weighted by atomic mass is 16.5. The Balaban J connectivity index is 2.03. The lowest BCUT2D eigenvalue weighted by atomic mass is 9.69. The van der Waals surface area contributed by atoms with Gasteiger partial charge in [0.25, 0.3) is 0 Å². The summed E-state index contributed by atoms with van der Waals surface area (Å²) in [6, 6.07) is 0. The second-order valence-corrected chi connectivity index (χ2v) is 4.83. The molecule has 1 fully saturated rings. The molecule has 0 aromatic carbocycles. The third kappa shape index (κ3) is 3.74. The molecule has 0 spiro atoms. The summed E-state index contributed by atoms with van der Waals surface area (Å²) in [5.41, 5.74) is 0.546. The highest BCUT2D eigenvalue weighted by molar-refractivity contribution is 4.94. The maximum atomic E-state index is 5.47. The van der Waals surface area contributed by atoms with Crippen LogP contribution in [0.4, 0.5) is 0 Å². The first-order chi connectivity index (χ1) is 7.21. The van der Waals surface area contributed by atoms with Gasteiger partial charge in [0, 0.05) is 26.8 Å². The molecule has 0 radical (unpaired) electrons. The normalized spacial score (nSPS) is 19.2. The van der Waals surface area contributed by atoms with E-state index in [1.165, 1.54) is 25.9 Å². The van der Waals surface area contributed by atoms with Gasteiger partial charge in [-0.3, -0.25) is 0 Å². The largest absolute Gasteiger partial charge is 0.382 e. The third-order valence-corrected chi connectivity index (χ3v) is 3.57. The summed E-state index contributed by atoms with van der Waals surface area (Å²) >= 11 is 0. The average Bonchev–Trinajstić information content (AvgIpc) is 2.13. The lowest BCUT2D eigenvalue weighted by Gasteiger charge is -2.46. The first-order valence-corrected chi connectivity index (χ1v) is 5.99. The molecule has 0 amide bonds. The standard InChI is InChI=1S/C12H25NO2/c1-11(2)12(9-13-10-12)5-4-6-15-8-7-14-3/h11,13H,4-10H2,1-3H3. The van der Waals surface area contributed by atoms with Gasteiger partial charge in [0.05, 0.1) is 13.2 Å². The van der Waals surface area contributed by atoms with Crippen molar-refractivity contribution in [1.29, 1.82) is 0 Å². The van der Waals surface area contributed by atoms with Gasteiger partial charge in [0.15, 0.2) is 0 Å². The Morgan fingerprint density at radius 2 is 1.93 bits per heavy atom. The van der Waals surface area contributed by atoms with Gasteiger partial charge in [-0.25, -0.2) is 0 Å². The van der Waals surface area contributed by atoms with E-state index in [9.17, 15) is 0 Å². The van der Waals surface area contributed by atoms with Crippen LogP contribution in [-0.2, 0) is 9.47 Å². The number of methoxy groups -OCH3 is 1. The highest BCUT2D eigenvalue weighted by Gasteiger charge is 2.38. The van der Waals surface area contributed by atoms with E-state index in [1.807, 2.05) is 0 Å². The zero-order chi connectivity index (χ0) is 11.1. The van der Waals surface area contributed by atoms with E-state index in [0.717, 1.165) is 19.1 Å². The molecule has 90 valence electrons. The van der Waals surface area contributed by atoms with Gasteiger partial charge in [0.2, 0.25) is 0 Å². The van der Waals surface area contributed by atoms with E-state index in [1.54, 1.807) is 7.11 Å². The Morgan fingerprint density at radius 3 is 2.40 bits per heavy atom. The Labute approximate surface area is 93.5 Å². The molecule has 1 rings (SSSR count). The summed E-state index contributed by atoms with van der Waals surface area (Å²) in [5.74, 6) is 0.776. The molecule has 1 saturated heterocycles. The van der Waals surface area contributed by atoms with Gasteiger partial charge in [-0.2, -0.15) is 0 Å². The first-order valence-electron chi connectivity index (χ1n) is 5.99. The Bertz CT molecular complexity index is 167. The molecule has 0 aromatic heterocycles. The minimum Gasteiger partial charge on any atom is -0.382 e. The van der Waals surface area contributed by atoms with Crippen LogP contribution in [-0.4, -0.2) is 40.0 Å². The van der Waals surface area contributed by atoms with Crippen molar-refractivity contribution >= 4 is 0 Å². The first kappa shape index (κ1) is 12.9. The van der Waals surface area contributed by atoms with Crippen molar-refractivity contribution in [2.24, 2.45) is 11.3 Å². The van der Waals surface area contributed by atoms with Crippen LogP contribution in [0.15, 0.2) is 0 Å². The molecule has 1 N–H and O–H groups in total. The van der Waals surface area contributed by atoms with Gasteiger partial charge in [-0.1, -0.05) is 13.8 Å². The SMILES string of the molecule is COCCOCCCC1(C(C)C)CNC1. The highest BCUT2D eigenvalue weighted by Crippen LogP contribution is 2.36. The van der Waals surface area contributed by atoms with E-state index in [0.29, 0.717) is 12.0 Å². The maximum Gasteiger partial charge on any atom is 0.0700 e. The molecule has 0 aliphatic carbocycles. The van der Waals surface area contributed by atoms with Crippen molar-refractivity contribution in [1.82, 2.24) is 5.32 Å². The Hall–Kier alpha value is -0.120. The molecule has 3 heteroatoms. The molecule has 1 aliphatic heterocycles. The van der Waals surface area contributed by atoms with Gasteiger partial charge >= 0.3 is 0 Å². The minimum atomic E-state index is 0.546. The predicted molar refractivity (Wildman–Crippen MR) is 62.1 cm³/mol. The van der Waals surface area contributed by atoms with Crippen LogP contribution in [0, 0.1) is 11.3 Å². The summed E-state index contributed by atoms with van der Waals surface area (Å²) in [7, 11) is 1.71. The fraction of sp³-hybridized carbons (Fsp3) is 1.00. The van der Waals surface area contributed by atoms with Crippen LogP contribution < -0.4 is 5.32 Å². The molecule has 1 heterocycles. The van der Waals surface area contributed by atoms with Crippen LogP contribution >= 0.6 is 0 Å². The summed E-state index contributed by atoms with van der Waals surface area (Å²) in [5, 5.41) is 3.38. The molecule has 3 nitrogen and oxygen atoms in total.